The molecule has 0 saturated heterocycles. The molecule has 2 heterocycles. The Hall–Kier alpha value is -1.11. The third kappa shape index (κ3) is 2.23. The Morgan fingerprint density at radius 3 is 3.11 bits per heavy atom. The third-order valence-electron chi connectivity index (χ3n) is 2.52. The summed E-state index contributed by atoms with van der Waals surface area (Å²) >= 11 is 10.7. The second kappa shape index (κ2) is 4.87. The molecule has 1 aromatic carbocycles. The third-order valence-corrected chi connectivity index (χ3v) is 4.24. The van der Waals surface area contributed by atoms with Gasteiger partial charge < -0.3 is 5.32 Å². The first kappa shape index (κ1) is 12.0. The fourth-order valence-electron chi connectivity index (χ4n) is 1.70. The maximum atomic E-state index is 5.80. The van der Waals surface area contributed by atoms with Crippen LogP contribution in [0.2, 0.25) is 4.47 Å². The van der Waals surface area contributed by atoms with Crippen LogP contribution >= 0.6 is 38.9 Å². The van der Waals surface area contributed by atoms with Crippen LogP contribution in [0.4, 0.5) is 5.69 Å². The van der Waals surface area contributed by atoms with Gasteiger partial charge in [-0.2, -0.15) is 5.10 Å². The molecule has 0 spiro atoms. The first-order valence-electron chi connectivity index (χ1n) is 5.21. The van der Waals surface area contributed by atoms with E-state index in [-0.39, 0.29) is 0 Å². The van der Waals surface area contributed by atoms with Gasteiger partial charge >= 0.3 is 0 Å². The van der Waals surface area contributed by atoms with Gasteiger partial charge in [0, 0.05) is 16.5 Å². The molecule has 18 heavy (non-hydrogen) atoms. The van der Waals surface area contributed by atoms with Crippen molar-refractivity contribution in [1.29, 1.82) is 0 Å². The smallest absolute Gasteiger partial charge is 0.183 e. The highest BCUT2D eigenvalue weighted by atomic mass is 79.9. The van der Waals surface area contributed by atoms with E-state index >= 15 is 0 Å². The van der Waals surface area contributed by atoms with E-state index in [0.717, 1.165) is 26.1 Å². The lowest BCUT2D eigenvalue weighted by Gasteiger charge is -2.04. The molecule has 0 aliphatic carbocycles. The van der Waals surface area contributed by atoms with Crippen LogP contribution in [0.25, 0.3) is 10.9 Å². The molecule has 0 unspecified atom stereocenters. The van der Waals surface area contributed by atoms with Crippen molar-refractivity contribution in [2.75, 3.05) is 5.32 Å². The summed E-state index contributed by atoms with van der Waals surface area (Å²) in [5.74, 6) is 0. The highest BCUT2D eigenvalue weighted by Gasteiger charge is 2.07. The molecular formula is C11H8BrClN4S. The zero-order chi connectivity index (χ0) is 12.5. The van der Waals surface area contributed by atoms with E-state index < -0.39 is 0 Å². The second-order valence-corrected chi connectivity index (χ2v) is 6.16. The zero-order valence-electron chi connectivity index (χ0n) is 9.08. The summed E-state index contributed by atoms with van der Waals surface area (Å²) in [5, 5.41) is 11.6. The highest BCUT2D eigenvalue weighted by Crippen LogP contribution is 2.27. The number of aromatic amines is 1. The van der Waals surface area contributed by atoms with Crippen LogP contribution < -0.4 is 5.32 Å². The van der Waals surface area contributed by atoms with Gasteiger partial charge in [0.05, 0.1) is 12.2 Å². The standard InChI is InChI=1S/C11H8BrClN4S/c12-10-7-2-1-3-8(9(7)16-17-10)14-4-6-5-15-11(13)18-6/h1-3,5,14H,4H2,(H,16,17). The Bertz CT molecular complexity index is 693. The van der Waals surface area contributed by atoms with Crippen LogP contribution in [-0.2, 0) is 6.54 Å². The van der Waals surface area contributed by atoms with Crippen LogP contribution in [0.15, 0.2) is 29.0 Å². The van der Waals surface area contributed by atoms with Gasteiger partial charge in [-0.3, -0.25) is 5.10 Å². The molecule has 3 aromatic rings. The number of nitrogens with one attached hydrogen (secondary N) is 2. The van der Waals surface area contributed by atoms with Gasteiger partial charge in [-0.15, -0.1) is 11.3 Å². The van der Waals surface area contributed by atoms with E-state index in [1.54, 1.807) is 6.20 Å². The van der Waals surface area contributed by atoms with E-state index in [1.165, 1.54) is 11.3 Å². The number of hydrogen-bond donors (Lipinski definition) is 2. The largest absolute Gasteiger partial charge is 0.378 e. The van der Waals surface area contributed by atoms with Crippen molar-refractivity contribution in [3.05, 3.63) is 38.3 Å². The lowest BCUT2D eigenvalue weighted by Crippen LogP contribution is -1.97. The van der Waals surface area contributed by atoms with E-state index in [1.807, 2.05) is 18.2 Å². The molecule has 0 amide bonds. The minimum absolute atomic E-state index is 0.563. The molecule has 0 bridgehead atoms. The molecule has 4 nitrogen and oxygen atoms in total. The highest BCUT2D eigenvalue weighted by molar-refractivity contribution is 9.10. The predicted molar refractivity (Wildman–Crippen MR) is 78.2 cm³/mol. The molecule has 0 aliphatic rings. The zero-order valence-corrected chi connectivity index (χ0v) is 12.2. The van der Waals surface area contributed by atoms with Gasteiger partial charge in [-0.25, -0.2) is 4.98 Å². The number of benzene rings is 1. The number of halogens is 2. The molecule has 0 atom stereocenters. The molecule has 0 saturated carbocycles. The van der Waals surface area contributed by atoms with Gasteiger partial charge in [-0.05, 0) is 28.1 Å². The van der Waals surface area contributed by atoms with Gasteiger partial charge in [0.15, 0.2) is 4.47 Å². The Labute approximate surface area is 121 Å². The van der Waals surface area contributed by atoms with Crippen LogP contribution in [-0.4, -0.2) is 15.2 Å². The number of aromatic nitrogens is 3. The summed E-state index contributed by atoms with van der Waals surface area (Å²) in [6.07, 6.45) is 1.78. The Morgan fingerprint density at radius 2 is 2.33 bits per heavy atom. The fourth-order valence-corrected chi connectivity index (χ4v) is 3.02. The van der Waals surface area contributed by atoms with Crippen molar-refractivity contribution in [1.82, 2.24) is 15.2 Å². The van der Waals surface area contributed by atoms with Gasteiger partial charge in [-0.1, -0.05) is 17.7 Å². The van der Waals surface area contributed by atoms with Gasteiger partial charge in [0.25, 0.3) is 0 Å². The van der Waals surface area contributed by atoms with E-state index in [4.69, 9.17) is 11.6 Å². The van der Waals surface area contributed by atoms with Crippen LogP contribution in [0, 0.1) is 0 Å². The lowest BCUT2D eigenvalue weighted by atomic mass is 10.2. The fraction of sp³-hybridized carbons (Fsp3) is 0.0909. The monoisotopic (exact) mass is 342 g/mol. The Balaban J connectivity index is 1.86. The molecule has 2 N–H and O–H groups in total. The van der Waals surface area contributed by atoms with Crippen LogP contribution in [0.5, 0.6) is 0 Å². The second-order valence-electron chi connectivity index (χ2n) is 3.67. The SMILES string of the molecule is Clc1ncc(CNc2cccc3c(Br)[nH]nc23)s1. The Morgan fingerprint density at radius 1 is 1.44 bits per heavy atom. The average Bonchev–Trinajstić information content (AvgIpc) is 2.94. The summed E-state index contributed by atoms with van der Waals surface area (Å²) in [6.45, 7) is 0.688. The first-order chi connectivity index (χ1) is 8.74. The summed E-state index contributed by atoms with van der Waals surface area (Å²) in [6, 6.07) is 6.00. The number of fused-ring (bicyclic) bond motifs is 1. The van der Waals surface area contributed by atoms with Crippen molar-refractivity contribution in [3.63, 3.8) is 0 Å². The number of anilines is 1. The molecule has 3 rings (SSSR count). The molecule has 7 heteroatoms. The lowest BCUT2D eigenvalue weighted by molar-refractivity contribution is 1.09. The molecule has 0 aliphatic heterocycles. The van der Waals surface area contributed by atoms with Crippen molar-refractivity contribution in [2.24, 2.45) is 0 Å². The number of nitrogens with zero attached hydrogens (tertiary/aromatic N) is 2. The molecular weight excluding hydrogens is 336 g/mol. The van der Waals surface area contributed by atoms with Crippen molar-refractivity contribution in [3.8, 4) is 0 Å². The van der Waals surface area contributed by atoms with E-state index in [2.05, 4.69) is 36.4 Å². The number of thiazole rings is 1. The molecule has 0 radical (unpaired) electrons. The Kier molecular flexibility index (Phi) is 3.23. The van der Waals surface area contributed by atoms with Gasteiger partial charge in [0.2, 0.25) is 0 Å². The maximum absolute atomic E-state index is 5.80. The summed E-state index contributed by atoms with van der Waals surface area (Å²) in [7, 11) is 0. The number of rotatable bonds is 3. The van der Waals surface area contributed by atoms with E-state index in [0.29, 0.717) is 11.0 Å². The van der Waals surface area contributed by atoms with Crippen LogP contribution in [0.3, 0.4) is 0 Å². The summed E-state index contributed by atoms with van der Waals surface area (Å²) in [5.41, 5.74) is 1.90. The van der Waals surface area contributed by atoms with Crippen molar-refractivity contribution < 1.29 is 0 Å². The average molecular weight is 344 g/mol. The maximum Gasteiger partial charge on any atom is 0.183 e. The molecule has 0 fully saturated rings. The topological polar surface area (TPSA) is 53.6 Å². The van der Waals surface area contributed by atoms with Crippen LogP contribution in [0.1, 0.15) is 4.88 Å². The normalized spacial score (nSPS) is 11.0. The number of hydrogen-bond acceptors (Lipinski definition) is 4. The summed E-state index contributed by atoms with van der Waals surface area (Å²) < 4.78 is 1.45. The number of H-pyrrole nitrogens is 1. The van der Waals surface area contributed by atoms with Crippen molar-refractivity contribution >= 4 is 55.5 Å². The molecule has 2 aromatic heterocycles. The van der Waals surface area contributed by atoms with Gasteiger partial charge in [0.1, 0.15) is 10.1 Å². The predicted octanol–water partition coefficient (Wildman–Crippen LogP) is 4.05. The quantitative estimate of drug-likeness (QED) is 0.754. The van der Waals surface area contributed by atoms with Crippen molar-refractivity contribution in [2.45, 2.75) is 6.54 Å². The number of para-hydroxylation sites is 1. The minimum Gasteiger partial charge on any atom is -0.378 e. The first-order valence-corrected chi connectivity index (χ1v) is 7.19. The molecule has 92 valence electrons. The van der Waals surface area contributed by atoms with E-state index in [9.17, 15) is 0 Å². The minimum atomic E-state index is 0.563. The summed E-state index contributed by atoms with van der Waals surface area (Å²) in [4.78, 5) is 5.10.